The molecule has 0 amide bonds. The maximum atomic E-state index is 14.0. The summed E-state index contributed by atoms with van der Waals surface area (Å²) in [5.41, 5.74) is -0.539. The second kappa shape index (κ2) is 74.2. The molecule has 0 aliphatic carbocycles. The van der Waals surface area contributed by atoms with Crippen molar-refractivity contribution in [3.8, 4) is 46.0 Å². The molecule has 41 heteroatoms. The third kappa shape index (κ3) is 74.2. The Morgan fingerprint density at radius 3 is 0.654 bits per heavy atom. The Morgan fingerprint density at radius 2 is 0.426 bits per heavy atom. The van der Waals surface area contributed by atoms with Crippen molar-refractivity contribution in [2.75, 3.05) is 297 Å². The van der Waals surface area contributed by atoms with Gasteiger partial charge in [0.1, 0.15) is 71.0 Å². The van der Waals surface area contributed by atoms with Crippen LogP contribution in [0.3, 0.4) is 0 Å². The van der Waals surface area contributed by atoms with Crippen molar-refractivity contribution < 1.29 is 222 Å². The van der Waals surface area contributed by atoms with E-state index in [0.29, 0.717) is 136 Å². The first-order chi connectivity index (χ1) is 63.5. The Kier molecular flexibility index (Phi) is 69.9. The van der Waals surface area contributed by atoms with Gasteiger partial charge >= 0.3 is 35.5 Å². The summed E-state index contributed by atoms with van der Waals surface area (Å²) in [6, 6.07) is 11.7. The molecule has 39 nitrogen and oxygen atoms in total. The van der Waals surface area contributed by atoms with Crippen molar-refractivity contribution in [1.29, 1.82) is 0 Å². The number of carbonyl (C=O) groups is 5. The zero-order valence-corrected chi connectivity index (χ0v) is 88.3. The molecule has 0 bridgehead atoms. The molecule has 0 saturated carbocycles. The van der Waals surface area contributed by atoms with Gasteiger partial charge in [-0.3, -0.25) is 19.5 Å². The van der Waals surface area contributed by atoms with Crippen LogP contribution in [0.5, 0.6) is 46.0 Å². The van der Waals surface area contributed by atoms with E-state index in [9.17, 15) is 44.4 Å². The first kappa shape index (κ1) is 128. The molecule has 0 spiro atoms. The number of aliphatic carboxylic acids is 4. The quantitative estimate of drug-likeness (QED) is 0.0434. The van der Waals surface area contributed by atoms with Crippen molar-refractivity contribution >= 4 is 29.8 Å². The molecule has 0 aliphatic heterocycles. The molecule has 0 heterocycles. The van der Waals surface area contributed by atoms with Crippen LogP contribution >= 0.6 is 0 Å². The van der Waals surface area contributed by atoms with Gasteiger partial charge in [0.25, 0.3) is 0 Å². The van der Waals surface area contributed by atoms with Gasteiger partial charge < -0.3 is 167 Å². The fourth-order valence-electron chi connectivity index (χ4n) is 11.4. The van der Waals surface area contributed by atoms with Gasteiger partial charge in [-0.15, -0.1) is 0 Å². The van der Waals surface area contributed by atoms with Crippen LogP contribution < -0.4 is 87.9 Å². The van der Waals surface area contributed by atoms with Gasteiger partial charge in [0, 0.05) is 78.5 Å². The van der Waals surface area contributed by atoms with Gasteiger partial charge in [-0.05, 0) is 178 Å². The monoisotopic (exact) mass is 2040 g/mol. The summed E-state index contributed by atoms with van der Waals surface area (Å²) in [6.45, 7) is 39.2. The Hall–Kier alpha value is -5.78. The number of carboxylic acids is 4. The predicted molar refractivity (Wildman–Crippen MR) is 484 cm³/mol. The Bertz CT molecular complexity index is 3330. The van der Waals surface area contributed by atoms with E-state index in [1.54, 1.807) is 42.5 Å². The summed E-state index contributed by atoms with van der Waals surface area (Å²) in [7, 11) is 0. The Balaban J connectivity index is 0.0000462. The second-order valence-electron chi connectivity index (χ2n) is 36.3. The number of nitrogens with zero attached hydrogens (tertiary/aromatic N) is 3. The molecule has 0 aromatic heterocycles. The number of hydrogen-bond donors (Lipinski definition) is 0. The number of benzene rings is 3. The van der Waals surface area contributed by atoms with Crippen molar-refractivity contribution in [2.45, 2.75) is 178 Å². The normalized spacial score (nSPS) is 12.1. The fourth-order valence-corrected chi connectivity index (χ4v) is 11.4. The SMILES string of the molecule is CC(C)(C)OCCOCCOCCOc1cc(COc2cc(COC(=O)CN(CCN(CCN(CC(=O)[O-])CC(=O)[O-])CC(=O)[O-])CC(=O)[O-])cc(OCc3cc(OCCOCCOCCOC(C)(C)C)c(OCCOCCOCCOC(C)(C)C)c(OCCOCCOCCOC(C)(C)C)c3)c2)cc(OCCOCCOCCOC(C)(C)C)c1OCCOCCOCCOC(C)(C)C.[99Tc].[Na+]. The summed E-state index contributed by atoms with van der Waals surface area (Å²) in [4.78, 5) is 64.4. The summed E-state index contributed by atoms with van der Waals surface area (Å²) >= 11 is 0. The molecule has 0 aliphatic rings. The molecule has 779 valence electrons. The zero-order chi connectivity index (χ0) is 99.0. The zero-order valence-electron chi connectivity index (χ0n) is 84.4. The van der Waals surface area contributed by atoms with E-state index in [1.807, 2.05) is 125 Å². The molecule has 0 saturated heterocycles. The van der Waals surface area contributed by atoms with Gasteiger partial charge in [0.05, 0.1) is 262 Å². The second-order valence-corrected chi connectivity index (χ2v) is 36.3. The van der Waals surface area contributed by atoms with E-state index in [1.165, 1.54) is 4.90 Å². The minimum absolute atomic E-state index is 0. The van der Waals surface area contributed by atoms with Crippen LogP contribution in [0.2, 0.25) is 0 Å². The first-order valence-electron chi connectivity index (χ1n) is 45.9. The van der Waals surface area contributed by atoms with Crippen molar-refractivity contribution in [3.05, 3.63) is 59.2 Å². The standard InChI is InChI=1S/C95H161N3O36.Na.Tc/c1-90(2,3)129-53-41-114-29-23-108-35-47-120-79-61-75(62-80(121-48-36-109-24-30-115-42-54-130-91(4,5)6)88(79)124-51-39-112-27-33-118-45-57-133-94(13,14)15)71-126-77-59-74(73-128-87(107)70-98(69-86(105)106)22-20-96(66-83(99)100)19-21-97(67-84(101)102)68-85(103)104)60-78(65-77)127-72-76-63-81(122-49-37-110-25-31-116-43-55-131-92(7,8)9)89(125-52-40-113-28-34-119-46-58-134-95(16,17)18)82(64-76)123-50-38-111-26-32-117-44-56-132-93(10,11)12;;/h59-65H,19-58,66-73H2,1-18H3,(H,99,100)(H,101,102)(H,103,104)(H,105,106);;/q;+1;/p-4/i;;1+1. The average molecular weight is 2040 g/mol. The largest absolute Gasteiger partial charge is 1.00 e. The summed E-state index contributed by atoms with van der Waals surface area (Å²) in [6.07, 6.45) is 0. The van der Waals surface area contributed by atoms with Crippen LogP contribution in [0, 0.1) is 0 Å². The van der Waals surface area contributed by atoms with Crippen molar-refractivity contribution in [3.63, 3.8) is 0 Å². The van der Waals surface area contributed by atoms with Crippen molar-refractivity contribution in [1.82, 2.24) is 14.7 Å². The molecule has 3 rings (SSSR count). The molecular weight excluding hydrogens is 1880 g/mol. The minimum atomic E-state index is -1.60. The number of rotatable bonds is 84. The van der Waals surface area contributed by atoms with E-state index in [0.717, 1.165) is 9.80 Å². The van der Waals surface area contributed by atoms with Gasteiger partial charge in [-0.25, -0.2) is 0 Å². The summed E-state index contributed by atoms with van der Waals surface area (Å²) in [5.74, 6) is -5.36. The number of hydrogen-bond acceptors (Lipinski definition) is 39. The van der Waals surface area contributed by atoms with Crippen LogP contribution in [-0.2, 0) is 154 Å². The third-order valence-corrected chi connectivity index (χ3v) is 17.2. The van der Waals surface area contributed by atoms with E-state index < -0.39 is 69.2 Å². The molecule has 3 aromatic carbocycles. The minimum Gasteiger partial charge on any atom is -0.549 e. The number of carboxylic acid groups (broad SMARTS) is 4. The maximum Gasteiger partial charge on any atom is 1.00 e. The molecule has 1 radical (unpaired) electrons. The number of carbonyl (C=O) groups excluding carboxylic acids is 5. The Morgan fingerprint density at radius 1 is 0.235 bits per heavy atom. The van der Waals surface area contributed by atoms with Gasteiger partial charge in [-0.2, -0.15) is 0 Å². The summed E-state index contributed by atoms with van der Waals surface area (Å²) < 4.78 is 163. The van der Waals surface area contributed by atoms with Gasteiger partial charge in [-0.1, -0.05) is 0 Å². The molecule has 3 aromatic rings. The van der Waals surface area contributed by atoms with Crippen LogP contribution in [0.15, 0.2) is 42.5 Å². The molecule has 0 atom stereocenters. The number of ether oxygens (including phenoxy) is 27. The average Bonchev–Trinajstić information content (AvgIpc) is 0.820. The van der Waals surface area contributed by atoms with Crippen molar-refractivity contribution in [2.24, 2.45) is 0 Å². The van der Waals surface area contributed by atoms with Crippen LogP contribution in [0.25, 0.3) is 0 Å². The summed E-state index contributed by atoms with van der Waals surface area (Å²) in [5, 5.41) is 47.1. The van der Waals surface area contributed by atoms with Crippen LogP contribution in [-0.4, -0.2) is 375 Å². The van der Waals surface area contributed by atoms with E-state index in [4.69, 9.17) is 128 Å². The van der Waals surface area contributed by atoms with Crippen LogP contribution in [0.1, 0.15) is 141 Å². The van der Waals surface area contributed by atoms with E-state index in [2.05, 4.69) is 0 Å². The number of esters is 1. The Labute approximate surface area is 841 Å². The molecule has 136 heavy (non-hydrogen) atoms. The third-order valence-electron chi connectivity index (χ3n) is 17.2. The smallest absolute Gasteiger partial charge is 0.549 e. The fraction of sp³-hybridized carbons (Fsp3) is 0.758. The maximum absolute atomic E-state index is 14.0. The molecule has 0 fully saturated rings. The van der Waals surface area contributed by atoms with Gasteiger partial charge in [0.15, 0.2) is 23.0 Å². The van der Waals surface area contributed by atoms with Crippen LogP contribution in [0.4, 0.5) is 0 Å². The predicted octanol–water partition coefficient (Wildman–Crippen LogP) is 1.16. The van der Waals surface area contributed by atoms with E-state index >= 15 is 0 Å². The molecule has 0 unspecified atom stereocenters. The molecular formula is C95H157N3NaO36Tc-3. The van der Waals surface area contributed by atoms with E-state index in [-0.39, 0.29) is 288 Å². The van der Waals surface area contributed by atoms with Gasteiger partial charge in [0.2, 0.25) is 11.5 Å². The molecule has 0 N–H and O–H groups in total. The first-order valence-corrected chi connectivity index (χ1v) is 45.9. The topological polar surface area (TPSA) is 437 Å².